The van der Waals surface area contributed by atoms with Crippen molar-refractivity contribution in [2.24, 2.45) is 11.7 Å². The first-order chi connectivity index (χ1) is 8.47. The Morgan fingerprint density at radius 3 is 2.61 bits per heavy atom. The number of thiocarbonyl (C=S) groups is 1. The molecule has 0 aliphatic heterocycles. The summed E-state index contributed by atoms with van der Waals surface area (Å²) in [6.45, 7) is 9.85. The Labute approximate surface area is 115 Å². The van der Waals surface area contributed by atoms with Gasteiger partial charge in [-0.15, -0.1) is 0 Å². The molecule has 0 aliphatic carbocycles. The number of nitrogens with zero attached hydrogens (tertiary/aromatic N) is 3. The third-order valence-electron chi connectivity index (χ3n) is 2.93. The average molecular weight is 266 g/mol. The maximum Gasteiger partial charge on any atom is 0.132 e. The van der Waals surface area contributed by atoms with Gasteiger partial charge in [-0.25, -0.2) is 9.97 Å². The van der Waals surface area contributed by atoms with E-state index < -0.39 is 0 Å². The highest BCUT2D eigenvalue weighted by atomic mass is 32.1. The van der Waals surface area contributed by atoms with Gasteiger partial charge in [0.05, 0.1) is 4.99 Å². The molecule has 0 spiro atoms. The van der Waals surface area contributed by atoms with E-state index in [4.69, 9.17) is 18.0 Å². The van der Waals surface area contributed by atoms with Crippen molar-refractivity contribution in [3.63, 3.8) is 0 Å². The molecular weight excluding hydrogens is 244 g/mol. The minimum absolute atomic E-state index is 0.181. The van der Waals surface area contributed by atoms with E-state index >= 15 is 0 Å². The molecule has 0 saturated heterocycles. The Morgan fingerprint density at radius 1 is 1.44 bits per heavy atom. The number of rotatable bonds is 6. The van der Waals surface area contributed by atoms with Gasteiger partial charge in [-0.2, -0.15) is 0 Å². The van der Waals surface area contributed by atoms with Crippen molar-refractivity contribution < 1.29 is 0 Å². The van der Waals surface area contributed by atoms with Crippen LogP contribution in [0.25, 0.3) is 0 Å². The van der Waals surface area contributed by atoms with Crippen LogP contribution in [0.4, 0.5) is 5.82 Å². The third-order valence-corrected chi connectivity index (χ3v) is 3.33. The Kier molecular flexibility index (Phi) is 5.47. The first kappa shape index (κ1) is 14.8. The summed E-state index contributed by atoms with van der Waals surface area (Å²) in [6, 6.07) is 2.04. The van der Waals surface area contributed by atoms with Crippen molar-refractivity contribution in [2.75, 3.05) is 18.0 Å². The van der Waals surface area contributed by atoms with Crippen LogP contribution in [0.15, 0.2) is 6.07 Å². The minimum atomic E-state index is 0.181. The fourth-order valence-corrected chi connectivity index (χ4v) is 1.84. The number of hydrogen-bond donors (Lipinski definition) is 1. The summed E-state index contributed by atoms with van der Waals surface area (Å²) >= 11 is 5.03. The van der Waals surface area contributed by atoms with Crippen LogP contribution in [0, 0.1) is 12.8 Å². The molecule has 0 radical (unpaired) electrons. The predicted molar refractivity (Wildman–Crippen MR) is 80.0 cm³/mol. The lowest BCUT2D eigenvalue weighted by Gasteiger charge is -2.25. The highest BCUT2D eigenvalue weighted by Crippen LogP contribution is 2.15. The fraction of sp³-hybridized carbons (Fsp3) is 0.615. The highest BCUT2D eigenvalue weighted by Gasteiger charge is 2.13. The van der Waals surface area contributed by atoms with E-state index in [-0.39, 0.29) is 5.92 Å². The molecule has 4 nitrogen and oxygen atoms in total. The molecule has 1 aromatic rings. The van der Waals surface area contributed by atoms with E-state index in [1.165, 1.54) is 0 Å². The first-order valence-corrected chi connectivity index (χ1v) is 6.77. The van der Waals surface area contributed by atoms with E-state index in [1.807, 2.05) is 19.9 Å². The Hall–Kier alpha value is -1.23. The summed E-state index contributed by atoms with van der Waals surface area (Å²) in [7, 11) is 0. The van der Waals surface area contributed by atoms with Crippen LogP contribution in [-0.4, -0.2) is 28.0 Å². The lowest BCUT2D eigenvalue weighted by molar-refractivity contribution is 0.695. The van der Waals surface area contributed by atoms with Gasteiger partial charge in [0.1, 0.15) is 11.6 Å². The van der Waals surface area contributed by atoms with E-state index in [0.717, 1.165) is 36.8 Å². The number of aryl methyl sites for hydroxylation is 2. The summed E-state index contributed by atoms with van der Waals surface area (Å²) < 4.78 is 0. The van der Waals surface area contributed by atoms with Gasteiger partial charge in [0.2, 0.25) is 0 Å². The van der Waals surface area contributed by atoms with Gasteiger partial charge in [0, 0.05) is 30.8 Å². The number of anilines is 1. The van der Waals surface area contributed by atoms with Crippen LogP contribution in [-0.2, 0) is 6.42 Å². The lowest BCUT2D eigenvalue weighted by Crippen LogP contribution is -2.34. The topological polar surface area (TPSA) is 55.0 Å². The number of nitrogens with two attached hydrogens (primary N) is 1. The third kappa shape index (κ3) is 3.91. The van der Waals surface area contributed by atoms with Crippen molar-refractivity contribution in [3.05, 3.63) is 17.6 Å². The van der Waals surface area contributed by atoms with Gasteiger partial charge in [-0.3, -0.25) is 0 Å². The molecule has 1 atom stereocenters. The summed E-state index contributed by atoms with van der Waals surface area (Å²) in [5.74, 6) is 1.95. The molecule has 0 fully saturated rings. The summed E-state index contributed by atoms with van der Waals surface area (Å²) in [6.07, 6.45) is 0.915. The fourth-order valence-electron chi connectivity index (χ4n) is 1.76. The van der Waals surface area contributed by atoms with Crippen molar-refractivity contribution in [3.8, 4) is 0 Å². The van der Waals surface area contributed by atoms with Gasteiger partial charge in [-0.05, 0) is 20.3 Å². The summed E-state index contributed by atoms with van der Waals surface area (Å²) in [5.41, 5.74) is 6.74. The van der Waals surface area contributed by atoms with Crippen LogP contribution < -0.4 is 10.6 Å². The van der Waals surface area contributed by atoms with E-state index in [0.29, 0.717) is 4.99 Å². The zero-order valence-corrected chi connectivity index (χ0v) is 12.4. The molecule has 0 aliphatic rings. The Morgan fingerprint density at radius 2 is 2.11 bits per heavy atom. The highest BCUT2D eigenvalue weighted by molar-refractivity contribution is 7.80. The molecule has 100 valence electrons. The predicted octanol–water partition coefficient (Wildman–Crippen LogP) is 2.10. The lowest BCUT2D eigenvalue weighted by atomic mass is 10.1. The van der Waals surface area contributed by atoms with Crippen molar-refractivity contribution in [2.45, 2.75) is 34.1 Å². The number of aromatic nitrogens is 2. The maximum atomic E-state index is 5.68. The molecule has 1 unspecified atom stereocenters. The monoisotopic (exact) mass is 266 g/mol. The second-order valence-electron chi connectivity index (χ2n) is 4.46. The zero-order valence-electron chi connectivity index (χ0n) is 11.6. The zero-order chi connectivity index (χ0) is 13.7. The SMILES string of the molecule is CCc1cc(N(CC)CC(C)C(N)=S)nc(C)n1. The van der Waals surface area contributed by atoms with E-state index in [2.05, 4.69) is 28.7 Å². The Bertz CT molecular complexity index is 419. The quantitative estimate of drug-likeness (QED) is 0.799. The van der Waals surface area contributed by atoms with Crippen LogP contribution >= 0.6 is 12.2 Å². The van der Waals surface area contributed by atoms with Gasteiger partial charge >= 0.3 is 0 Å². The molecule has 1 heterocycles. The number of hydrogen-bond acceptors (Lipinski definition) is 4. The summed E-state index contributed by atoms with van der Waals surface area (Å²) in [4.78, 5) is 11.6. The molecule has 1 rings (SSSR count). The van der Waals surface area contributed by atoms with Gasteiger partial charge in [0.25, 0.3) is 0 Å². The summed E-state index contributed by atoms with van der Waals surface area (Å²) in [5, 5.41) is 0. The second kappa shape index (κ2) is 6.64. The molecule has 2 N–H and O–H groups in total. The van der Waals surface area contributed by atoms with Crippen molar-refractivity contribution >= 4 is 23.0 Å². The van der Waals surface area contributed by atoms with Crippen LogP contribution in [0.1, 0.15) is 32.3 Å². The molecule has 0 bridgehead atoms. The minimum Gasteiger partial charge on any atom is -0.393 e. The maximum absolute atomic E-state index is 5.68. The van der Waals surface area contributed by atoms with E-state index in [1.54, 1.807) is 0 Å². The Balaban J connectivity index is 2.94. The van der Waals surface area contributed by atoms with Crippen LogP contribution in [0.2, 0.25) is 0 Å². The van der Waals surface area contributed by atoms with Gasteiger partial charge in [-0.1, -0.05) is 26.1 Å². The average Bonchev–Trinajstić information content (AvgIpc) is 2.34. The van der Waals surface area contributed by atoms with Crippen LogP contribution in [0.5, 0.6) is 0 Å². The molecular formula is C13H22N4S. The molecule has 5 heteroatoms. The molecule has 18 heavy (non-hydrogen) atoms. The van der Waals surface area contributed by atoms with Crippen molar-refractivity contribution in [1.29, 1.82) is 0 Å². The first-order valence-electron chi connectivity index (χ1n) is 6.36. The second-order valence-corrected chi connectivity index (χ2v) is 4.93. The largest absolute Gasteiger partial charge is 0.393 e. The van der Waals surface area contributed by atoms with Gasteiger partial charge in [0.15, 0.2) is 0 Å². The standard InChI is InChI=1S/C13H22N4S/c1-5-11-7-12(16-10(4)15-11)17(6-2)8-9(3)13(14)18/h7,9H,5-6,8H2,1-4H3,(H2,14,18). The molecule has 0 saturated carbocycles. The normalized spacial score (nSPS) is 12.2. The van der Waals surface area contributed by atoms with Gasteiger partial charge < -0.3 is 10.6 Å². The smallest absolute Gasteiger partial charge is 0.132 e. The van der Waals surface area contributed by atoms with Crippen LogP contribution in [0.3, 0.4) is 0 Å². The van der Waals surface area contributed by atoms with E-state index in [9.17, 15) is 0 Å². The van der Waals surface area contributed by atoms with Crippen molar-refractivity contribution in [1.82, 2.24) is 9.97 Å². The molecule has 0 aromatic carbocycles. The molecule has 1 aromatic heterocycles. The molecule has 0 amide bonds.